The Bertz CT molecular complexity index is 347. The number of likely N-dealkylation sites (N-methyl/N-ethyl adjacent to an activating group) is 1. The summed E-state index contributed by atoms with van der Waals surface area (Å²) in [6.07, 6.45) is 0. The Kier molecular flexibility index (Phi) is 7.61. The minimum absolute atomic E-state index is 0.721. The molecular formula is C15H29N3S. The number of nitrogens with zero attached hydrogens (tertiary/aromatic N) is 2. The van der Waals surface area contributed by atoms with Gasteiger partial charge in [-0.2, -0.15) is 0 Å². The average molecular weight is 283 g/mol. The van der Waals surface area contributed by atoms with Gasteiger partial charge >= 0.3 is 0 Å². The third-order valence-electron chi connectivity index (χ3n) is 2.93. The Morgan fingerprint density at radius 2 is 1.84 bits per heavy atom. The Morgan fingerprint density at radius 3 is 2.42 bits per heavy atom. The lowest BCUT2D eigenvalue weighted by atomic mass is 10.2. The molecule has 1 N–H and O–H groups in total. The lowest BCUT2D eigenvalue weighted by Crippen LogP contribution is -2.33. The second-order valence-electron chi connectivity index (χ2n) is 5.83. The first-order chi connectivity index (χ1) is 9.01. The summed E-state index contributed by atoms with van der Waals surface area (Å²) in [6, 6.07) is 4.52. The van der Waals surface area contributed by atoms with E-state index in [0.717, 1.165) is 32.1 Å². The van der Waals surface area contributed by atoms with Crippen molar-refractivity contribution in [1.29, 1.82) is 0 Å². The zero-order valence-corrected chi connectivity index (χ0v) is 13.9. The largest absolute Gasteiger partial charge is 0.315 e. The number of thiophene rings is 1. The minimum Gasteiger partial charge on any atom is -0.315 e. The molecule has 0 aliphatic rings. The van der Waals surface area contributed by atoms with Crippen molar-refractivity contribution >= 4 is 11.3 Å². The van der Waals surface area contributed by atoms with Crippen LogP contribution in [0.5, 0.6) is 0 Å². The summed E-state index contributed by atoms with van der Waals surface area (Å²) in [5.41, 5.74) is 0. The van der Waals surface area contributed by atoms with Gasteiger partial charge in [-0.25, -0.2) is 0 Å². The van der Waals surface area contributed by atoms with Crippen LogP contribution in [0.1, 0.15) is 23.6 Å². The topological polar surface area (TPSA) is 18.5 Å². The molecule has 0 bridgehead atoms. The first kappa shape index (κ1) is 16.6. The first-order valence-electron chi connectivity index (χ1n) is 7.10. The highest BCUT2D eigenvalue weighted by Crippen LogP contribution is 2.18. The molecule has 19 heavy (non-hydrogen) atoms. The summed E-state index contributed by atoms with van der Waals surface area (Å²) >= 11 is 1.93. The Balaban J connectivity index is 2.53. The highest BCUT2D eigenvalue weighted by Gasteiger charge is 2.10. The summed E-state index contributed by atoms with van der Waals surface area (Å²) in [4.78, 5) is 7.73. The summed E-state index contributed by atoms with van der Waals surface area (Å²) < 4.78 is 0. The van der Waals surface area contributed by atoms with Gasteiger partial charge in [0.05, 0.1) is 0 Å². The van der Waals surface area contributed by atoms with Crippen molar-refractivity contribution in [2.45, 2.75) is 26.9 Å². The standard InChI is InChI=1S/C15H29N3S/c1-13(2)11-18(9-8-17(4)5)12-15-7-6-14(19-15)10-16-3/h6-7,13,16H,8-12H2,1-5H3. The Morgan fingerprint density at radius 1 is 1.16 bits per heavy atom. The van der Waals surface area contributed by atoms with Gasteiger partial charge < -0.3 is 10.2 Å². The number of rotatable bonds is 9. The maximum absolute atomic E-state index is 3.21. The van der Waals surface area contributed by atoms with E-state index in [4.69, 9.17) is 0 Å². The molecule has 3 nitrogen and oxygen atoms in total. The van der Waals surface area contributed by atoms with E-state index in [-0.39, 0.29) is 0 Å². The normalized spacial score (nSPS) is 12.0. The highest BCUT2D eigenvalue weighted by molar-refractivity contribution is 7.11. The lowest BCUT2D eigenvalue weighted by Gasteiger charge is -2.25. The summed E-state index contributed by atoms with van der Waals surface area (Å²) in [5.74, 6) is 0.721. The van der Waals surface area contributed by atoms with Crippen molar-refractivity contribution in [2.24, 2.45) is 5.92 Å². The molecule has 1 heterocycles. The summed E-state index contributed by atoms with van der Waals surface area (Å²) in [6.45, 7) is 10.1. The lowest BCUT2D eigenvalue weighted by molar-refractivity contribution is 0.213. The average Bonchev–Trinajstić information content (AvgIpc) is 2.73. The van der Waals surface area contributed by atoms with Crippen molar-refractivity contribution in [3.05, 3.63) is 21.9 Å². The van der Waals surface area contributed by atoms with Gasteiger partial charge in [-0.1, -0.05) is 13.8 Å². The van der Waals surface area contributed by atoms with Crippen molar-refractivity contribution in [3.8, 4) is 0 Å². The van der Waals surface area contributed by atoms with Crippen LogP contribution >= 0.6 is 11.3 Å². The SMILES string of the molecule is CNCc1ccc(CN(CCN(C)C)CC(C)C)s1. The van der Waals surface area contributed by atoms with Crippen LogP contribution in [0.25, 0.3) is 0 Å². The molecule has 0 aliphatic heterocycles. The predicted octanol–water partition coefficient (Wildman–Crippen LogP) is 2.49. The first-order valence-corrected chi connectivity index (χ1v) is 7.92. The van der Waals surface area contributed by atoms with Crippen LogP contribution in [-0.2, 0) is 13.1 Å². The maximum atomic E-state index is 3.21. The second kappa shape index (κ2) is 8.69. The van der Waals surface area contributed by atoms with Crippen LogP contribution < -0.4 is 5.32 Å². The van der Waals surface area contributed by atoms with Crippen LogP contribution in [0.3, 0.4) is 0 Å². The molecule has 0 aliphatic carbocycles. The fourth-order valence-electron chi connectivity index (χ4n) is 2.09. The number of nitrogens with one attached hydrogen (secondary N) is 1. The molecule has 0 saturated heterocycles. The van der Waals surface area contributed by atoms with Gasteiger partial charge in [0.25, 0.3) is 0 Å². The third kappa shape index (κ3) is 7.06. The third-order valence-corrected chi connectivity index (χ3v) is 4.00. The number of hydrogen-bond acceptors (Lipinski definition) is 4. The second-order valence-corrected chi connectivity index (χ2v) is 7.08. The van der Waals surface area contributed by atoms with Crippen LogP contribution in [-0.4, -0.2) is 50.6 Å². The van der Waals surface area contributed by atoms with Crippen LogP contribution in [0, 0.1) is 5.92 Å². The van der Waals surface area contributed by atoms with Gasteiger partial charge in [0.2, 0.25) is 0 Å². The van der Waals surface area contributed by atoms with Gasteiger partial charge in [0, 0.05) is 42.5 Å². The summed E-state index contributed by atoms with van der Waals surface area (Å²) in [5, 5.41) is 3.21. The smallest absolute Gasteiger partial charge is 0.0328 e. The van der Waals surface area contributed by atoms with Gasteiger partial charge in [0.1, 0.15) is 0 Å². The maximum Gasteiger partial charge on any atom is 0.0328 e. The van der Waals surface area contributed by atoms with E-state index in [2.05, 4.69) is 55.2 Å². The molecule has 0 saturated carbocycles. The molecule has 0 radical (unpaired) electrons. The zero-order valence-electron chi connectivity index (χ0n) is 13.1. The van der Waals surface area contributed by atoms with E-state index in [1.165, 1.54) is 16.3 Å². The van der Waals surface area contributed by atoms with Gasteiger partial charge in [-0.15, -0.1) is 11.3 Å². The van der Waals surface area contributed by atoms with Gasteiger partial charge in [0.15, 0.2) is 0 Å². The van der Waals surface area contributed by atoms with Crippen LogP contribution in [0.2, 0.25) is 0 Å². The zero-order chi connectivity index (χ0) is 14.3. The fraction of sp³-hybridized carbons (Fsp3) is 0.733. The molecule has 0 spiro atoms. The minimum atomic E-state index is 0.721. The highest BCUT2D eigenvalue weighted by atomic mass is 32.1. The molecule has 0 amide bonds. The molecule has 0 unspecified atom stereocenters. The predicted molar refractivity (Wildman–Crippen MR) is 85.8 cm³/mol. The molecule has 0 atom stereocenters. The monoisotopic (exact) mass is 283 g/mol. The van der Waals surface area contributed by atoms with Crippen LogP contribution in [0.15, 0.2) is 12.1 Å². The van der Waals surface area contributed by atoms with E-state index in [9.17, 15) is 0 Å². The molecular weight excluding hydrogens is 254 g/mol. The van der Waals surface area contributed by atoms with E-state index < -0.39 is 0 Å². The molecule has 1 aromatic heterocycles. The Labute approximate surface area is 122 Å². The van der Waals surface area contributed by atoms with Crippen molar-refractivity contribution in [2.75, 3.05) is 40.8 Å². The molecule has 1 aromatic rings. The van der Waals surface area contributed by atoms with Crippen molar-refractivity contribution in [3.63, 3.8) is 0 Å². The van der Waals surface area contributed by atoms with E-state index in [0.29, 0.717) is 0 Å². The molecule has 4 heteroatoms. The molecule has 0 fully saturated rings. The summed E-state index contributed by atoms with van der Waals surface area (Å²) in [7, 11) is 6.29. The van der Waals surface area contributed by atoms with E-state index >= 15 is 0 Å². The van der Waals surface area contributed by atoms with Crippen molar-refractivity contribution < 1.29 is 0 Å². The molecule has 0 aromatic carbocycles. The Hall–Kier alpha value is -0.420. The van der Waals surface area contributed by atoms with Crippen LogP contribution in [0.4, 0.5) is 0 Å². The van der Waals surface area contributed by atoms with E-state index in [1.807, 2.05) is 18.4 Å². The molecule has 110 valence electrons. The van der Waals surface area contributed by atoms with Gasteiger partial charge in [-0.05, 0) is 39.2 Å². The van der Waals surface area contributed by atoms with Gasteiger partial charge in [-0.3, -0.25) is 4.90 Å². The molecule has 1 rings (SSSR count). The fourth-order valence-corrected chi connectivity index (χ4v) is 3.16. The quantitative estimate of drug-likeness (QED) is 0.751. The van der Waals surface area contributed by atoms with E-state index in [1.54, 1.807) is 0 Å². The number of hydrogen-bond donors (Lipinski definition) is 1. The van der Waals surface area contributed by atoms with Crippen molar-refractivity contribution in [1.82, 2.24) is 15.1 Å².